The minimum Gasteiger partial charge on any atom is -0.374 e. The van der Waals surface area contributed by atoms with Crippen molar-refractivity contribution in [2.45, 2.75) is 19.9 Å². The van der Waals surface area contributed by atoms with Crippen molar-refractivity contribution in [1.82, 2.24) is 0 Å². The van der Waals surface area contributed by atoms with Crippen LogP contribution in [0.1, 0.15) is 13.8 Å². The minimum absolute atomic E-state index is 0.0908. The first kappa shape index (κ1) is 17.9. The molecular weight excluding hydrogens is 324 g/mol. The number of rotatable bonds is 6. The lowest BCUT2D eigenvalue weighted by Crippen LogP contribution is -2.31. The van der Waals surface area contributed by atoms with Crippen LogP contribution in [0.15, 0.2) is 48.5 Å². The van der Waals surface area contributed by atoms with Crippen LogP contribution in [-0.2, 0) is 9.59 Å². The average Bonchev–Trinajstić information content (AvgIpc) is 2.56. The van der Waals surface area contributed by atoms with Crippen molar-refractivity contribution in [3.8, 4) is 0 Å². The zero-order valence-electron chi connectivity index (χ0n) is 13.8. The van der Waals surface area contributed by atoms with Gasteiger partial charge in [0.2, 0.25) is 11.8 Å². The molecule has 0 aliphatic rings. The Morgan fingerprint density at radius 1 is 1.00 bits per heavy atom. The van der Waals surface area contributed by atoms with E-state index >= 15 is 0 Å². The van der Waals surface area contributed by atoms with Crippen LogP contribution in [-0.4, -0.2) is 22.8 Å². The maximum Gasteiger partial charge on any atom is 0.271 e. The zero-order valence-corrected chi connectivity index (χ0v) is 13.8. The third kappa shape index (κ3) is 5.31. The summed E-state index contributed by atoms with van der Waals surface area (Å²) in [6.45, 7) is 3.10. The third-order valence-electron chi connectivity index (χ3n) is 3.31. The SMILES string of the molecule is CC(=O)Nc1ccc(NC(C)C(=O)Nc2cccc([N+](=O)[O-])c2)cc1. The van der Waals surface area contributed by atoms with E-state index in [-0.39, 0.29) is 17.5 Å². The summed E-state index contributed by atoms with van der Waals surface area (Å²) in [4.78, 5) is 33.4. The molecule has 3 N–H and O–H groups in total. The first-order valence-electron chi connectivity index (χ1n) is 7.54. The molecule has 1 atom stereocenters. The predicted octanol–water partition coefficient (Wildman–Crippen LogP) is 2.99. The summed E-state index contributed by atoms with van der Waals surface area (Å²) in [7, 11) is 0. The number of amides is 2. The molecule has 0 spiro atoms. The van der Waals surface area contributed by atoms with Gasteiger partial charge in [-0.2, -0.15) is 0 Å². The smallest absolute Gasteiger partial charge is 0.271 e. The fourth-order valence-corrected chi connectivity index (χ4v) is 2.12. The molecule has 0 saturated heterocycles. The Bertz CT molecular complexity index is 789. The highest BCUT2D eigenvalue weighted by Gasteiger charge is 2.14. The molecule has 2 aromatic carbocycles. The molecule has 0 heterocycles. The lowest BCUT2D eigenvalue weighted by atomic mass is 10.2. The van der Waals surface area contributed by atoms with E-state index in [9.17, 15) is 19.7 Å². The molecule has 25 heavy (non-hydrogen) atoms. The Hall–Kier alpha value is -3.42. The molecule has 2 amide bonds. The minimum atomic E-state index is -0.564. The van der Waals surface area contributed by atoms with Crippen molar-refractivity contribution in [1.29, 1.82) is 0 Å². The lowest BCUT2D eigenvalue weighted by molar-refractivity contribution is -0.384. The summed E-state index contributed by atoms with van der Waals surface area (Å²) < 4.78 is 0. The molecule has 2 aromatic rings. The van der Waals surface area contributed by atoms with Gasteiger partial charge in [0.1, 0.15) is 6.04 Å². The van der Waals surface area contributed by atoms with Gasteiger partial charge in [-0.05, 0) is 37.3 Å². The number of carbonyl (C=O) groups is 2. The molecular formula is C17H18N4O4. The average molecular weight is 342 g/mol. The van der Waals surface area contributed by atoms with Gasteiger partial charge in [0.05, 0.1) is 4.92 Å². The van der Waals surface area contributed by atoms with E-state index in [0.29, 0.717) is 17.1 Å². The van der Waals surface area contributed by atoms with Crippen LogP contribution < -0.4 is 16.0 Å². The predicted molar refractivity (Wildman–Crippen MR) is 95.6 cm³/mol. The normalized spacial score (nSPS) is 11.3. The van der Waals surface area contributed by atoms with Crippen LogP contribution in [0.5, 0.6) is 0 Å². The standard InChI is InChI=1S/C17H18N4O4/c1-11(18-13-6-8-14(9-7-13)19-12(2)22)17(23)20-15-4-3-5-16(10-15)21(24)25/h3-11,18H,1-2H3,(H,19,22)(H,20,23). The third-order valence-corrected chi connectivity index (χ3v) is 3.31. The van der Waals surface area contributed by atoms with E-state index in [4.69, 9.17) is 0 Å². The maximum absolute atomic E-state index is 12.2. The number of nitro benzene ring substituents is 1. The number of hydrogen-bond donors (Lipinski definition) is 3. The second kappa shape index (κ2) is 7.91. The van der Waals surface area contributed by atoms with E-state index in [2.05, 4.69) is 16.0 Å². The molecule has 0 saturated carbocycles. The van der Waals surface area contributed by atoms with Crippen molar-refractivity contribution >= 4 is 34.6 Å². The summed E-state index contributed by atoms with van der Waals surface area (Å²) in [5.74, 6) is -0.489. The van der Waals surface area contributed by atoms with Gasteiger partial charge in [0, 0.05) is 36.1 Å². The monoisotopic (exact) mass is 342 g/mol. The fraction of sp³-hybridized carbons (Fsp3) is 0.176. The highest BCUT2D eigenvalue weighted by atomic mass is 16.6. The number of nitro groups is 1. The van der Waals surface area contributed by atoms with Gasteiger partial charge in [-0.15, -0.1) is 0 Å². The van der Waals surface area contributed by atoms with Crippen molar-refractivity contribution in [3.63, 3.8) is 0 Å². The molecule has 0 fully saturated rings. The molecule has 0 aromatic heterocycles. The van der Waals surface area contributed by atoms with E-state index in [0.717, 1.165) is 0 Å². The van der Waals surface area contributed by atoms with Crippen molar-refractivity contribution in [3.05, 3.63) is 58.6 Å². The van der Waals surface area contributed by atoms with Crippen LogP contribution in [0.2, 0.25) is 0 Å². The Kier molecular flexibility index (Phi) is 5.67. The Balaban J connectivity index is 1.97. The number of benzene rings is 2. The summed E-state index contributed by atoms with van der Waals surface area (Å²) in [5.41, 5.74) is 1.63. The first-order valence-corrected chi connectivity index (χ1v) is 7.54. The summed E-state index contributed by atoms with van der Waals surface area (Å²) >= 11 is 0. The Labute approximate surface area is 144 Å². The summed E-state index contributed by atoms with van der Waals surface area (Å²) in [5, 5.41) is 19.1. The van der Waals surface area contributed by atoms with Crippen LogP contribution in [0.4, 0.5) is 22.7 Å². The van der Waals surface area contributed by atoms with E-state index in [1.54, 1.807) is 37.3 Å². The summed E-state index contributed by atoms with van der Waals surface area (Å²) in [6, 6.07) is 12.1. The molecule has 0 bridgehead atoms. The Morgan fingerprint density at radius 3 is 2.24 bits per heavy atom. The highest BCUT2D eigenvalue weighted by Crippen LogP contribution is 2.18. The zero-order chi connectivity index (χ0) is 18.4. The number of anilines is 3. The van der Waals surface area contributed by atoms with Crippen LogP contribution in [0, 0.1) is 10.1 Å². The van der Waals surface area contributed by atoms with E-state index in [1.165, 1.54) is 25.1 Å². The number of carbonyl (C=O) groups excluding carboxylic acids is 2. The van der Waals surface area contributed by atoms with Crippen LogP contribution >= 0.6 is 0 Å². The van der Waals surface area contributed by atoms with Crippen molar-refractivity contribution in [2.75, 3.05) is 16.0 Å². The van der Waals surface area contributed by atoms with Crippen LogP contribution in [0.3, 0.4) is 0 Å². The van der Waals surface area contributed by atoms with Gasteiger partial charge in [-0.1, -0.05) is 6.07 Å². The molecule has 8 heteroatoms. The molecule has 2 rings (SSSR count). The second-order valence-electron chi connectivity index (χ2n) is 5.42. The molecule has 0 radical (unpaired) electrons. The van der Waals surface area contributed by atoms with Gasteiger partial charge in [0.25, 0.3) is 5.69 Å². The van der Waals surface area contributed by atoms with Gasteiger partial charge in [0.15, 0.2) is 0 Å². The molecule has 1 unspecified atom stereocenters. The number of non-ortho nitro benzene ring substituents is 1. The number of hydrogen-bond acceptors (Lipinski definition) is 5. The van der Waals surface area contributed by atoms with E-state index < -0.39 is 11.0 Å². The molecule has 130 valence electrons. The lowest BCUT2D eigenvalue weighted by Gasteiger charge is -2.15. The van der Waals surface area contributed by atoms with Gasteiger partial charge < -0.3 is 16.0 Å². The Morgan fingerprint density at radius 2 is 1.64 bits per heavy atom. The molecule has 0 aliphatic carbocycles. The quantitative estimate of drug-likeness (QED) is 0.552. The van der Waals surface area contributed by atoms with Gasteiger partial charge in [-0.3, -0.25) is 19.7 Å². The highest BCUT2D eigenvalue weighted by molar-refractivity contribution is 5.96. The molecule has 0 aliphatic heterocycles. The topological polar surface area (TPSA) is 113 Å². The first-order chi connectivity index (χ1) is 11.8. The fourth-order valence-electron chi connectivity index (χ4n) is 2.12. The van der Waals surface area contributed by atoms with Crippen molar-refractivity contribution < 1.29 is 14.5 Å². The second-order valence-corrected chi connectivity index (χ2v) is 5.42. The number of nitrogens with one attached hydrogen (secondary N) is 3. The summed E-state index contributed by atoms with van der Waals surface area (Å²) in [6.07, 6.45) is 0. The number of nitrogens with zero attached hydrogens (tertiary/aromatic N) is 1. The molecule has 8 nitrogen and oxygen atoms in total. The van der Waals surface area contributed by atoms with Crippen molar-refractivity contribution in [2.24, 2.45) is 0 Å². The van der Waals surface area contributed by atoms with E-state index in [1.807, 2.05) is 0 Å². The maximum atomic E-state index is 12.2. The van der Waals surface area contributed by atoms with Gasteiger partial charge >= 0.3 is 0 Å². The van der Waals surface area contributed by atoms with Crippen LogP contribution in [0.25, 0.3) is 0 Å². The van der Waals surface area contributed by atoms with Gasteiger partial charge in [-0.25, -0.2) is 0 Å². The largest absolute Gasteiger partial charge is 0.374 e.